The molecule has 6 heteroatoms. The van der Waals surface area contributed by atoms with E-state index in [2.05, 4.69) is 30.0 Å². The average Bonchev–Trinajstić information content (AvgIpc) is 2.81. The molecule has 0 saturated heterocycles. The van der Waals surface area contributed by atoms with Crippen LogP contribution in [0.2, 0.25) is 0 Å². The smallest absolute Gasteiger partial charge is 0.267 e. The predicted octanol–water partition coefficient (Wildman–Crippen LogP) is 1.98. The minimum Gasteiger partial charge on any atom is -0.290 e. The summed E-state index contributed by atoms with van der Waals surface area (Å²) < 4.78 is 4.29. The standard InChI is InChI=1S/C13H17IN4O/c1-4-10-6-11(18(5-2)16-10)8-17-9(3)15-7-12(14)13(17)19/h6-7H,4-5,8H2,1-3H3. The van der Waals surface area contributed by atoms with Crippen LogP contribution < -0.4 is 5.56 Å². The molecule has 0 atom stereocenters. The van der Waals surface area contributed by atoms with Crippen molar-refractivity contribution in [2.45, 2.75) is 40.3 Å². The Balaban J connectivity index is 2.44. The van der Waals surface area contributed by atoms with Crippen LogP contribution in [0, 0.1) is 10.5 Å². The van der Waals surface area contributed by atoms with Gasteiger partial charge in [-0.05, 0) is 48.9 Å². The normalized spacial score (nSPS) is 10.9. The molecule has 0 amide bonds. The molecule has 0 fully saturated rings. The molecule has 0 saturated carbocycles. The highest BCUT2D eigenvalue weighted by Crippen LogP contribution is 2.08. The van der Waals surface area contributed by atoms with Crippen molar-refractivity contribution < 1.29 is 0 Å². The Morgan fingerprint density at radius 1 is 1.37 bits per heavy atom. The van der Waals surface area contributed by atoms with Gasteiger partial charge in [0.1, 0.15) is 5.82 Å². The van der Waals surface area contributed by atoms with Crippen LogP contribution in [0.5, 0.6) is 0 Å². The average molecular weight is 372 g/mol. The van der Waals surface area contributed by atoms with Gasteiger partial charge in [-0.2, -0.15) is 5.10 Å². The molecular formula is C13H17IN4O. The zero-order valence-corrected chi connectivity index (χ0v) is 13.5. The number of nitrogens with zero attached hydrogens (tertiary/aromatic N) is 4. The molecule has 0 aliphatic rings. The van der Waals surface area contributed by atoms with E-state index in [1.54, 1.807) is 10.8 Å². The van der Waals surface area contributed by atoms with E-state index in [-0.39, 0.29) is 5.56 Å². The zero-order chi connectivity index (χ0) is 14.0. The summed E-state index contributed by atoms with van der Waals surface area (Å²) in [7, 11) is 0. The quantitative estimate of drug-likeness (QED) is 0.772. The maximum atomic E-state index is 12.2. The first-order valence-electron chi connectivity index (χ1n) is 6.34. The second-order valence-corrected chi connectivity index (χ2v) is 5.50. The van der Waals surface area contributed by atoms with Crippen LogP contribution in [0.3, 0.4) is 0 Å². The summed E-state index contributed by atoms with van der Waals surface area (Å²) >= 11 is 2.02. The van der Waals surface area contributed by atoms with Gasteiger partial charge in [0, 0.05) is 12.7 Å². The second-order valence-electron chi connectivity index (χ2n) is 4.34. The maximum Gasteiger partial charge on any atom is 0.267 e. The lowest BCUT2D eigenvalue weighted by atomic mass is 10.3. The fourth-order valence-electron chi connectivity index (χ4n) is 1.99. The van der Waals surface area contributed by atoms with Gasteiger partial charge in [-0.1, -0.05) is 6.92 Å². The number of aromatic nitrogens is 4. The molecule has 0 aliphatic heterocycles. The van der Waals surface area contributed by atoms with E-state index in [9.17, 15) is 4.79 Å². The molecule has 0 N–H and O–H groups in total. The van der Waals surface area contributed by atoms with Gasteiger partial charge in [-0.15, -0.1) is 0 Å². The van der Waals surface area contributed by atoms with Crippen LogP contribution in [-0.2, 0) is 19.5 Å². The number of aryl methyl sites for hydroxylation is 3. The summed E-state index contributed by atoms with van der Waals surface area (Å²) in [4.78, 5) is 16.4. The maximum absolute atomic E-state index is 12.2. The molecule has 2 aromatic heterocycles. The van der Waals surface area contributed by atoms with Crippen molar-refractivity contribution in [3.63, 3.8) is 0 Å². The highest BCUT2D eigenvalue weighted by molar-refractivity contribution is 14.1. The van der Waals surface area contributed by atoms with Crippen LogP contribution in [0.25, 0.3) is 0 Å². The van der Waals surface area contributed by atoms with Crippen molar-refractivity contribution in [3.05, 3.63) is 43.4 Å². The molecule has 102 valence electrons. The van der Waals surface area contributed by atoms with Gasteiger partial charge in [0.2, 0.25) is 0 Å². The van der Waals surface area contributed by atoms with E-state index in [0.29, 0.717) is 10.1 Å². The molecule has 19 heavy (non-hydrogen) atoms. The highest BCUT2D eigenvalue weighted by atomic mass is 127. The van der Waals surface area contributed by atoms with Crippen LogP contribution in [0.4, 0.5) is 0 Å². The Morgan fingerprint density at radius 2 is 2.11 bits per heavy atom. The lowest BCUT2D eigenvalue weighted by molar-refractivity contribution is 0.578. The molecular weight excluding hydrogens is 355 g/mol. The van der Waals surface area contributed by atoms with Gasteiger partial charge >= 0.3 is 0 Å². The molecule has 0 spiro atoms. The minimum atomic E-state index is 0.00926. The minimum absolute atomic E-state index is 0.00926. The van der Waals surface area contributed by atoms with E-state index < -0.39 is 0 Å². The number of rotatable bonds is 4. The monoisotopic (exact) mass is 372 g/mol. The van der Waals surface area contributed by atoms with E-state index in [0.717, 1.165) is 30.2 Å². The second kappa shape index (κ2) is 5.85. The van der Waals surface area contributed by atoms with Gasteiger partial charge in [0.15, 0.2) is 0 Å². The Morgan fingerprint density at radius 3 is 2.74 bits per heavy atom. The van der Waals surface area contributed by atoms with E-state index in [1.807, 2.05) is 34.2 Å². The third-order valence-corrected chi connectivity index (χ3v) is 3.84. The predicted molar refractivity (Wildman–Crippen MR) is 82.3 cm³/mol. The van der Waals surface area contributed by atoms with E-state index >= 15 is 0 Å². The van der Waals surface area contributed by atoms with Crippen molar-refractivity contribution in [2.75, 3.05) is 0 Å². The lowest BCUT2D eigenvalue weighted by Gasteiger charge is -2.10. The Hall–Kier alpha value is -1.18. The molecule has 0 unspecified atom stereocenters. The number of hydrogen-bond acceptors (Lipinski definition) is 3. The SMILES string of the molecule is CCc1cc(Cn2c(C)ncc(I)c2=O)n(CC)n1. The largest absolute Gasteiger partial charge is 0.290 e. The Labute approximate surface area is 125 Å². The molecule has 2 aromatic rings. The van der Waals surface area contributed by atoms with Crippen molar-refractivity contribution in [2.24, 2.45) is 0 Å². The third kappa shape index (κ3) is 2.88. The molecule has 2 rings (SSSR count). The van der Waals surface area contributed by atoms with Crippen LogP contribution in [0.1, 0.15) is 31.1 Å². The first-order chi connectivity index (χ1) is 9.06. The van der Waals surface area contributed by atoms with Gasteiger partial charge in [-0.25, -0.2) is 4.98 Å². The molecule has 2 heterocycles. The summed E-state index contributed by atoms with van der Waals surface area (Å²) in [5.41, 5.74) is 2.12. The van der Waals surface area contributed by atoms with Crippen LogP contribution >= 0.6 is 22.6 Å². The van der Waals surface area contributed by atoms with Crippen LogP contribution in [0.15, 0.2) is 17.1 Å². The molecule has 0 aromatic carbocycles. The van der Waals surface area contributed by atoms with Crippen LogP contribution in [-0.4, -0.2) is 19.3 Å². The topological polar surface area (TPSA) is 52.7 Å². The lowest BCUT2D eigenvalue weighted by Crippen LogP contribution is -2.27. The number of hydrogen-bond donors (Lipinski definition) is 0. The summed E-state index contributed by atoms with van der Waals surface area (Å²) in [5.74, 6) is 0.729. The third-order valence-electron chi connectivity index (χ3n) is 3.10. The molecule has 0 aliphatic carbocycles. The number of halogens is 1. The highest BCUT2D eigenvalue weighted by Gasteiger charge is 2.10. The van der Waals surface area contributed by atoms with Crippen molar-refractivity contribution in [3.8, 4) is 0 Å². The Bertz CT molecular complexity index is 645. The fraction of sp³-hybridized carbons (Fsp3) is 0.462. The summed E-state index contributed by atoms with van der Waals surface area (Å²) in [6, 6.07) is 2.06. The molecule has 0 radical (unpaired) electrons. The summed E-state index contributed by atoms with van der Waals surface area (Å²) in [5, 5.41) is 4.50. The van der Waals surface area contributed by atoms with Crippen molar-refractivity contribution in [1.29, 1.82) is 0 Å². The summed E-state index contributed by atoms with van der Waals surface area (Å²) in [6.45, 7) is 7.32. The van der Waals surface area contributed by atoms with Gasteiger partial charge in [-0.3, -0.25) is 14.0 Å². The first-order valence-corrected chi connectivity index (χ1v) is 7.42. The Kier molecular flexibility index (Phi) is 4.38. The molecule has 0 bridgehead atoms. The fourth-order valence-corrected chi connectivity index (χ4v) is 2.42. The van der Waals surface area contributed by atoms with Gasteiger partial charge in [0.05, 0.1) is 21.5 Å². The first kappa shape index (κ1) is 14.2. The van der Waals surface area contributed by atoms with Crippen molar-refractivity contribution in [1.82, 2.24) is 19.3 Å². The van der Waals surface area contributed by atoms with Gasteiger partial charge < -0.3 is 0 Å². The van der Waals surface area contributed by atoms with Gasteiger partial charge in [0.25, 0.3) is 5.56 Å². The summed E-state index contributed by atoms with van der Waals surface area (Å²) in [6.07, 6.45) is 2.52. The molecule has 5 nitrogen and oxygen atoms in total. The van der Waals surface area contributed by atoms with Crippen molar-refractivity contribution >= 4 is 22.6 Å². The van der Waals surface area contributed by atoms with E-state index in [4.69, 9.17) is 0 Å². The van der Waals surface area contributed by atoms with E-state index in [1.165, 1.54) is 0 Å². The zero-order valence-electron chi connectivity index (χ0n) is 11.4.